The van der Waals surface area contributed by atoms with Crippen molar-refractivity contribution in [2.75, 3.05) is 24.9 Å². The average Bonchev–Trinajstić information content (AvgIpc) is 2.64. The van der Waals surface area contributed by atoms with Gasteiger partial charge in [-0.2, -0.15) is 0 Å². The molecule has 0 bridgehead atoms. The van der Waals surface area contributed by atoms with E-state index in [0.717, 1.165) is 6.07 Å². The minimum atomic E-state index is -1.41. The fraction of sp³-hybridized carbons (Fsp3) is 0.263. The van der Waals surface area contributed by atoms with Crippen LogP contribution in [-0.4, -0.2) is 26.0 Å². The lowest BCUT2D eigenvalue weighted by Crippen LogP contribution is -2.41. The van der Waals surface area contributed by atoms with Crippen LogP contribution in [0.2, 0.25) is 5.02 Å². The third kappa shape index (κ3) is 4.68. The lowest BCUT2D eigenvalue weighted by Gasteiger charge is -2.23. The first-order chi connectivity index (χ1) is 12.7. The van der Waals surface area contributed by atoms with Crippen LogP contribution in [0.15, 0.2) is 36.4 Å². The van der Waals surface area contributed by atoms with Gasteiger partial charge in [-0.15, -0.1) is 0 Å². The molecule has 2 amide bonds. The molecule has 0 aromatic heterocycles. The van der Waals surface area contributed by atoms with Crippen LogP contribution in [0.3, 0.4) is 0 Å². The summed E-state index contributed by atoms with van der Waals surface area (Å²) in [5.74, 6) is -0.733. The first kappa shape index (κ1) is 20.5. The Morgan fingerprint density at radius 3 is 1.96 bits per heavy atom. The molecule has 144 valence electrons. The summed E-state index contributed by atoms with van der Waals surface area (Å²) in [4.78, 5) is 25.1. The van der Waals surface area contributed by atoms with E-state index in [9.17, 15) is 14.0 Å². The molecule has 0 heterocycles. The van der Waals surface area contributed by atoms with Crippen LogP contribution < -0.4 is 20.1 Å². The van der Waals surface area contributed by atoms with Crippen molar-refractivity contribution in [1.29, 1.82) is 0 Å². The van der Waals surface area contributed by atoms with Crippen molar-refractivity contribution in [1.82, 2.24) is 0 Å². The van der Waals surface area contributed by atoms with Gasteiger partial charge < -0.3 is 20.1 Å². The van der Waals surface area contributed by atoms with Gasteiger partial charge in [0.25, 0.3) is 0 Å². The number of hydrogen-bond donors (Lipinski definition) is 2. The van der Waals surface area contributed by atoms with Gasteiger partial charge in [-0.05, 0) is 44.2 Å². The van der Waals surface area contributed by atoms with Crippen LogP contribution in [0.4, 0.5) is 15.8 Å². The molecule has 8 heteroatoms. The number of ether oxygens (including phenoxy) is 2. The number of carbonyl (C=O) groups is 2. The zero-order valence-electron chi connectivity index (χ0n) is 15.4. The van der Waals surface area contributed by atoms with E-state index in [1.165, 1.54) is 40.2 Å². The van der Waals surface area contributed by atoms with Gasteiger partial charge in [-0.25, -0.2) is 4.39 Å². The number of anilines is 2. The van der Waals surface area contributed by atoms with Crippen LogP contribution >= 0.6 is 11.6 Å². The summed E-state index contributed by atoms with van der Waals surface area (Å²) < 4.78 is 23.6. The van der Waals surface area contributed by atoms with Crippen molar-refractivity contribution in [2.45, 2.75) is 13.8 Å². The second-order valence-corrected chi connectivity index (χ2v) is 6.64. The Balaban J connectivity index is 2.13. The first-order valence-corrected chi connectivity index (χ1v) is 8.36. The van der Waals surface area contributed by atoms with Gasteiger partial charge in [-0.3, -0.25) is 9.59 Å². The second kappa shape index (κ2) is 8.26. The van der Waals surface area contributed by atoms with Crippen molar-refractivity contribution in [3.05, 3.63) is 47.2 Å². The maximum absolute atomic E-state index is 13.2. The summed E-state index contributed by atoms with van der Waals surface area (Å²) in [6.07, 6.45) is 0. The molecule has 0 aliphatic heterocycles. The predicted molar refractivity (Wildman–Crippen MR) is 102 cm³/mol. The number of carbonyl (C=O) groups excluding carboxylic acids is 2. The third-order valence-electron chi connectivity index (χ3n) is 3.95. The Labute approximate surface area is 161 Å². The van der Waals surface area contributed by atoms with Crippen molar-refractivity contribution in [3.8, 4) is 11.5 Å². The number of benzene rings is 2. The molecular weight excluding hydrogens is 375 g/mol. The van der Waals surface area contributed by atoms with E-state index in [1.54, 1.807) is 18.2 Å². The smallest absolute Gasteiger partial charge is 0.239 e. The van der Waals surface area contributed by atoms with Crippen LogP contribution in [0.1, 0.15) is 13.8 Å². The van der Waals surface area contributed by atoms with E-state index in [-0.39, 0.29) is 5.02 Å². The maximum atomic E-state index is 13.2. The van der Waals surface area contributed by atoms with Gasteiger partial charge in [0.15, 0.2) is 11.5 Å². The van der Waals surface area contributed by atoms with E-state index in [2.05, 4.69) is 10.6 Å². The van der Waals surface area contributed by atoms with Gasteiger partial charge in [0.1, 0.15) is 11.2 Å². The molecule has 2 N–H and O–H groups in total. The highest BCUT2D eigenvalue weighted by atomic mass is 35.5. The molecule has 0 aliphatic carbocycles. The fourth-order valence-electron chi connectivity index (χ4n) is 2.17. The Bertz CT molecular complexity index is 871. The summed E-state index contributed by atoms with van der Waals surface area (Å²) in [5.41, 5.74) is -0.671. The minimum absolute atomic E-state index is 0.125. The Hall–Kier alpha value is -2.80. The van der Waals surface area contributed by atoms with Crippen molar-refractivity contribution in [2.24, 2.45) is 5.41 Å². The normalized spacial score (nSPS) is 10.9. The number of halogens is 2. The van der Waals surface area contributed by atoms with Gasteiger partial charge in [0.05, 0.1) is 19.2 Å². The molecular formula is C19H20ClFN2O4. The highest BCUT2D eigenvalue weighted by Gasteiger charge is 2.36. The Morgan fingerprint density at radius 1 is 0.926 bits per heavy atom. The van der Waals surface area contributed by atoms with Crippen LogP contribution in [0.25, 0.3) is 0 Å². The number of rotatable bonds is 6. The number of nitrogens with one attached hydrogen (secondary N) is 2. The summed E-state index contributed by atoms with van der Waals surface area (Å²) in [5, 5.41) is 5.11. The van der Waals surface area contributed by atoms with E-state index in [0.29, 0.717) is 22.9 Å². The van der Waals surface area contributed by atoms with E-state index >= 15 is 0 Å². The SMILES string of the molecule is COc1ccc(NC(=O)C(C)(C)C(=O)Nc2ccc(F)c(Cl)c2)cc1OC. The number of amides is 2. The van der Waals surface area contributed by atoms with Crippen LogP contribution in [0.5, 0.6) is 11.5 Å². The maximum Gasteiger partial charge on any atom is 0.239 e. The lowest BCUT2D eigenvalue weighted by atomic mass is 9.90. The lowest BCUT2D eigenvalue weighted by molar-refractivity contribution is -0.135. The Morgan fingerprint density at radius 2 is 1.44 bits per heavy atom. The first-order valence-electron chi connectivity index (χ1n) is 7.99. The average molecular weight is 395 g/mol. The highest BCUT2D eigenvalue weighted by Crippen LogP contribution is 2.31. The molecule has 2 rings (SSSR count). The highest BCUT2D eigenvalue weighted by molar-refractivity contribution is 6.31. The summed E-state index contributed by atoms with van der Waals surface area (Å²) in [7, 11) is 2.99. The van der Waals surface area contributed by atoms with E-state index < -0.39 is 23.0 Å². The van der Waals surface area contributed by atoms with Gasteiger partial charge >= 0.3 is 0 Å². The fourth-order valence-corrected chi connectivity index (χ4v) is 2.35. The molecule has 0 fully saturated rings. The molecule has 0 saturated carbocycles. The monoisotopic (exact) mass is 394 g/mol. The van der Waals surface area contributed by atoms with Crippen molar-refractivity contribution < 1.29 is 23.5 Å². The van der Waals surface area contributed by atoms with Gasteiger partial charge in [-0.1, -0.05) is 11.6 Å². The van der Waals surface area contributed by atoms with E-state index in [4.69, 9.17) is 21.1 Å². The quantitative estimate of drug-likeness (QED) is 0.723. The molecule has 2 aromatic carbocycles. The van der Waals surface area contributed by atoms with Gasteiger partial charge in [0.2, 0.25) is 11.8 Å². The minimum Gasteiger partial charge on any atom is -0.493 e. The molecule has 0 radical (unpaired) electrons. The van der Waals surface area contributed by atoms with E-state index in [1.807, 2.05) is 0 Å². The van der Waals surface area contributed by atoms with Crippen molar-refractivity contribution >= 4 is 34.8 Å². The number of hydrogen-bond acceptors (Lipinski definition) is 4. The molecule has 0 unspecified atom stereocenters. The summed E-state index contributed by atoms with van der Waals surface area (Å²) >= 11 is 5.71. The Kier molecular flexibility index (Phi) is 6.28. The zero-order valence-corrected chi connectivity index (χ0v) is 16.1. The summed E-state index contributed by atoms with van der Waals surface area (Å²) in [6, 6.07) is 8.63. The van der Waals surface area contributed by atoms with Gasteiger partial charge in [0, 0.05) is 17.4 Å². The number of methoxy groups -OCH3 is 2. The second-order valence-electron chi connectivity index (χ2n) is 6.23. The molecule has 27 heavy (non-hydrogen) atoms. The molecule has 0 saturated heterocycles. The zero-order chi connectivity index (χ0) is 20.2. The molecule has 0 atom stereocenters. The predicted octanol–water partition coefficient (Wildman–Crippen LogP) is 4.10. The molecule has 6 nitrogen and oxygen atoms in total. The standard InChI is InChI=1S/C19H20ClFN2O4/c1-19(2,17(24)22-11-5-7-14(21)13(20)9-11)18(25)23-12-6-8-15(26-3)16(10-12)27-4/h5-10H,1-4H3,(H,22,24)(H,23,25). The van der Waals surface area contributed by atoms with Crippen LogP contribution in [0, 0.1) is 11.2 Å². The topological polar surface area (TPSA) is 76.7 Å². The molecule has 0 spiro atoms. The van der Waals surface area contributed by atoms with Crippen molar-refractivity contribution in [3.63, 3.8) is 0 Å². The summed E-state index contributed by atoms with van der Waals surface area (Å²) in [6.45, 7) is 2.95. The molecule has 2 aromatic rings. The van der Waals surface area contributed by atoms with Crippen LogP contribution in [-0.2, 0) is 9.59 Å². The third-order valence-corrected chi connectivity index (χ3v) is 4.24. The largest absolute Gasteiger partial charge is 0.493 e. The molecule has 0 aliphatic rings.